The number of thiazole rings is 1. The number of carbonyl (C=O) groups is 1. The molecule has 0 aliphatic carbocycles. The molecule has 0 aliphatic heterocycles. The van der Waals surface area contributed by atoms with Gasteiger partial charge in [0.1, 0.15) is 0 Å². The number of anilines is 2. The molecule has 0 aliphatic rings. The number of hydrogen-bond acceptors (Lipinski definition) is 4. The average molecular weight is 261 g/mol. The van der Waals surface area contributed by atoms with E-state index in [2.05, 4.69) is 15.6 Å². The van der Waals surface area contributed by atoms with Crippen molar-refractivity contribution in [2.45, 2.75) is 13.8 Å². The van der Waals surface area contributed by atoms with Crippen molar-refractivity contribution >= 4 is 28.1 Å². The fourth-order valence-corrected chi connectivity index (χ4v) is 2.36. The summed E-state index contributed by atoms with van der Waals surface area (Å²) in [7, 11) is 0. The lowest BCUT2D eigenvalue weighted by Gasteiger charge is -2.02. The summed E-state index contributed by atoms with van der Waals surface area (Å²) in [5.41, 5.74) is 2.79. The molecule has 0 bridgehead atoms. The van der Waals surface area contributed by atoms with Gasteiger partial charge in [0, 0.05) is 30.1 Å². The van der Waals surface area contributed by atoms with Crippen molar-refractivity contribution in [2.75, 3.05) is 17.2 Å². The van der Waals surface area contributed by atoms with Gasteiger partial charge >= 0.3 is 0 Å². The summed E-state index contributed by atoms with van der Waals surface area (Å²) in [5, 5.41) is 8.87. The fraction of sp³-hybridized carbons (Fsp3) is 0.231. The third-order valence-corrected chi connectivity index (χ3v) is 3.13. The number of nitrogens with one attached hydrogen (secondary N) is 2. The van der Waals surface area contributed by atoms with Gasteiger partial charge in [0.05, 0.1) is 5.69 Å². The van der Waals surface area contributed by atoms with Crippen LogP contribution >= 0.6 is 11.3 Å². The van der Waals surface area contributed by atoms with Gasteiger partial charge in [-0.25, -0.2) is 4.98 Å². The molecule has 5 heteroatoms. The Bertz CT molecular complexity index is 533. The third-order valence-electron chi connectivity index (χ3n) is 2.33. The standard InChI is InChI=1S/C13H15N3OS/c1-3-14-13-16-12(8-18-13)10-4-6-11(7-5-10)15-9(2)17/h4-8H,3H2,1-2H3,(H,14,16)(H,15,17). The average Bonchev–Trinajstić information content (AvgIpc) is 2.78. The van der Waals surface area contributed by atoms with Gasteiger partial charge in [0.25, 0.3) is 0 Å². The highest BCUT2D eigenvalue weighted by Gasteiger charge is 2.04. The summed E-state index contributed by atoms with van der Waals surface area (Å²) in [5.74, 6) is -0.0640. The number of aromatic nitrogens is 1. The zero-order chi connectivity index (χ0) is 13.0. The number of carbonyl (C=O) groups excluding carboxylic acids is 1. The molecule has 1 heterocycles. The molecule has 1 amide bonds. The topological polar surface area (TPSA) is 54.0 Å². The maximum Gasteiger partial charge on any atom is 0.221 e. The molecule has 4 nitrogen and oxygen atoms in total. The van der Waals surface area contributed by atoms with Crippen LogP contribution in [0, 0.1) is 0 Å². The van der Waals surface area contributed by atoms with E-state index in [1.54, 1.807) is 11.3 Å². The van der Waals surface area contributed by atoms with E-state index in [1.807, 2.05) is 36.6 Å². The second-order valence-electron chi connectivity index (χ2n) is 3.83. The zero-order valence-corrected chi connectivity index (χ0v) is 11.2. The number of nitrogens with zero attached hydrogens (tertiary/aromatic N) is 1. The molecule has 0 saturated heterocycles. The highest BCUT2D eigenvalue weighted by atomic mass is 32.1. The van der Waals surface area contributed by atoms with E-state index in [9.17, 15) is 4.79 Å². The van der Waals surface area contributed by atoms with Crippen LogP contribution in [0.25, 0.3) is 11.3 Å². The van der Waals surface area contributed by atoms with Crippen molar-refractivity contribution < 1.29 is 4.79 Å². The van der Waals surface area contributed by atoms with E-state index in [4.69, 9.17) is 0 Å². The Balaban J connectivity index is 2.15. The minimum absolute atomic E-state index is 0.0640. The Hall–Kier alpha value is -1.88. The highest BCUT2D eigenvalue weighted by Crippen LogP contribution is 2.25. The summed E-state index contributed by atoms with van der Waals surface area (Å²) in [6.45, 7) is 4.41. The van der Waals surface area contributed by atoms with Gasteiger partial charge in [-0.15, -0.1) is 11.3 Å². The summed E-state index contributed by atoms with van der Waals surface area (Å²) >= 11 is 1.59. The van der Waals surface area contributed by atoms with E-state index in [0.29, 0.717) is 0 Å². The lowest BCUT2D eigenvalue weighted by Crippen LogP contribution is -2.05. The van der Waals surface area contributed by atoms with E-state index >= 15 is 0 Å². The summed E-state index contributed by atoms with van der Waals surface area (Å²) in [6, 6.07) is 7.66. The fourth-order valence-electron chi connectivity index (χ4n) is 1.57. The number of amides is 1. The number of benzene rings is 1. The molecule has 18 heavy (non-hydrogen) atoms. The lowest BCUT2D eigenvalue weighted by atomic mass is 10.1. The quantitative estimate of drug-likeness (QED) is 0.888. The first-order valence-electron chi connectivity index (χ1n) is 5.76. The normalized spacial score (nSPS) is 10.1. The monoisotopic (exact) mass is 261 g/mol. The molecule has 1 aromatic carbocycles. The van der Waals surface area contributed by atoms with Gasteiger partial charge in [0.2, 0.25) is 5.91 Å². The van der Waals surface area contributed by atoms with E-state index in [0.717, 1.165) is 28.6 Å². The van der Waals surface area contributed by atoms with Crippen molar-refractivity contribution in [3.05, 3.63) is 29.6 Å². The van der Waals surface area contributed by atoms with Crippen LogP contribution in [0.15, 0.2) is 29.6 Å². The molecule has 2 rings (SSSR count). The van der Waals surface area contributed by atoms with Crippen molar-refractivity contribution in [1.29, 1.82) is 0 Å². The van der Waals surface area contributed by atoms with Gasteiger partial charge in [-0.2, -0.15) is 0 Å². The minimum atomic E-state index is -0.0640. The Labute approximate surface area is 110 Å². The van der Waals surface area contributed by atoms with Crippen LogP contribution < -0.4 is 10.6 Å². The maximum atomic E-state index is 10.9. The first kappa shape index (κ1) is 12.6. The lowest BCUT2D eigenvalue weighted by molar-refractivity contribution is -0.114. The Morgan fingerprint density at radius 1 is 1.33 bits per heavy atom. The molecule has 0 fully saturated rings. The maximum absolute atomic E-state index is 10.9. The van der Waals surface area contributed by atoms with Gasteiger partial charge in [-0.3, -0.25) is 4.79 Å². The molecule has 0 radical (unpaired) electrons. The van der Waals surface area contributed by atoms with Crippen molar-refractivity contribution in [3.63, 3.8) is 0 Å². The number of hydrogen-bond donors (Lipinski definition) is 2. The van der Waals surface area contributed by atoms with Crippen LogP contribution in [0.3, 0.4) is 0 Å². The summed E-state index contributed by atoms with van der Waals surface area (Å²) in [4.78, 5) is 15.4. The van der Waals surface area contributed by atoms with Crippen molar-refractivity contribution in [3.8, 4) is 11.3 Å². The zero-order valence-electron chi connectivity index (χ0n) is 10.4. The summed E-state index contributed by atoms with van der Waals surface area (Å²) in [6.07, 6.45) is 0. The highest BCUT2D eigenvalue weighted by molar-refractivity contribution is 7.14. The smallest absolute Gasteiger partial charge is 0.221 e. The van der Waals surface area contributed by atoms with E-state index in [-0.39, 0.29) is 5.91 Å². The van der Waals surface area contributed by atoms with Crippen molar-refractivity contribution in [1.82, 2.24) is 4.98 Å². The second-order valence-corrected chi connectivity index (χ2v) is 4.68. The molecular formula is C13H15N3OS. The predicted octanol–water partition coefficient (Wildman–Crippen LogP) is 3.20. The van der Waals surface area contributed by atoms with Crippen molar-refractivity contribution in [2.24, 2.45) is 0 Å². The molecule has 0 atom stereocenters. The Morgan fingerprint density at radius 2 is 2.06 bits per heavy atom. The van der Waals surface area contributed by atoms with Crippen LogP contribution in [-0.2, 0) is 4.79 Å². The van der Waals surface area contributed by atoms with Gasteiger partial charge in [-0.05, 0) is 19.1 Å². The van der Waals surface area contributed by atoms with Crippen LogP contribution in [0.5, 0.6) is 0 Å². The van der Waals surface area contributed by atoms with E-state index in [1.165, 1.54) is 6.92 Å². The molecular weight excluding hydrogens is 246 g/mol. The Kier molecular flexibility index (Phi) is 3.94. The Morgan fingerprint density at radius 3 is 2.67 bits per heavy atom. The molecule has 0 saturated carbocycles. The van der Waals surface area contributed by atoms with Crippen LogP contribution in [0.1, 0.15) is 13.8 Å². The first-order valence-corrected chi connectivity index (χ1v) is 6.64. The molecule has 0 unspecified atom stereocenters. The van der Waals surface area contributed by atoms with E-state index < -0.39 is 0 Å². The molecule has 0 spiro atoms. The first-order chi connectivity index (χ1) is 8.69. The molecule has 2 N–H and O–H groups in total. The molecule has 2 aromatic rings. The van der Waals surface area contributed by atoms with Gasteiger partial charge in [0.15, 0.2) is 5.13 Å². The van der Waals surface area contributed by atoms with Gasteiger partial charge < -0.3 is 10.6 Å². The largest absolute Gasteiger partial charge is 0.362 e. The van der Waals surface area contributed by atoms with Gasteiger partial charge in [-0.1, -0.05) is 12.1 Å². The minimum Gasteiger partial charge on any atom is -0.362 e. The van der Waals surface area contributed by atoms with Crippen LogP contribution in [0.4, 0.5) is 10.8 Å². The SMILES string of the molecule is CCNc1nc(-c2ccc(NC(C)=O)cc2)cs1. The predicted molar refractivity (Wildman–Crippen MR) is 76.0 cm³/mol. The molecule has 94 valence electrons. The second kappa shape index (κ2) is 5.64. The summed E-state index contributed by atoms with van der Waals surface area (Å²) < 4.78 is 0. The number of rotatable bonds is 4. The van der Waals surface area contributed by atoms with Crippen LogP contribution in [-0.4, -0.2) is 17.4 Å². The van der Waals surface area contributed by atoms with Crippen LogP contribution in [0.2, 0.25) is 0 Å². The third kappa shape index (κ3) is 3.07. The molecule has 1 aromatic heterocycles.